The van der Waals surface area contributed by atoms with Crippen LogP contribution in [0.15, 0.2) is 0 Å². The van der Waals surface area contributed by atoms with Gasteiger partial charge < -0.3 is 5.73 Å². The van der Waals surface area contributed by atoms with E-state index in [9.17, 15) is 8.42 Å². The molecule has 0 bridgehead atoms. The van der Waals surface area contributed by atoms with Crippen molar-refractivity contribution in [1.29, 1.82) is 0 Å². The Kier molecular flexibility index (Phi) is 5.70. The number of nitrogens with two attached hydrogens (primary N) is 1. The van der Waals surface area contributed by atoms with Crippen LogP contribution in [-0.2, 0) is 10.0 Å². The quantitative estimate of drug-likeness (QED) is 0.824. The predicted octanol–water partition coefficient (Wildman–Crippen LogP) is 1.21. The second kappa shape index (κ2) is 6.36. The first kappa shape index (κ1) is 15.2. The number of hydrogen-bond acceptors (Lipinski definition) is 3. The van der Waals surface area contributed by atoms with Crippen LogP contribution in [0.5, 0.6) is 0 Å². The van der Waals surface area contributed by atoms with Crippen molar-refractivity contribution >= 4 is 22.4 Å². The summed E-state index contributed by atoms with van der Waals surface area (Å²) in [5.41, 5.74) is 5.62. The number of hydrogen-bond donors (Lipinski definition) is 1. The molecule has 0 aromatic carbocycles. The lowest BCUT2D eigenvalue weighted by molar-refractivity contribution is 0.271. The van der Waals surface area contributed by atoms with Gasteiger partial charge in [-0.2, -0.15) is 0 Å². The first-order chi connectivity index (χ1) is 7.62. The summed E-state index contributed by atoms with van der Waals surface area (Å²) in [6.07, 6.45) is 5.34. The molecule has 2 fully saturated rings. The van der Waals surface area contributed by atoms with Gasteiger partial charge in [-0.15, -0.1) is 12.4 Å². The van der Waals surface area contributed by atoms with Crippen molar-refractivity contribution in [2.24, 2.45) is 17.6 Å². The van der Waals surface area contributed by atoms with Gasteiger partial charge in [0.2, 0.25) is 10.0 Å². The summed E-state index contributed by atoms with van der Waals surface area (Å²) in [6.45, 7) is 1.95. The molecule has 0 spiro atoms. The number of piperidine rings is 1. The van der Waals surface area contributed by atoms with Crippen LogP contribution in [0.3, 0.4) is 0 Å². The van der Waals surface area contributed by atoms with E-state index >= 15 is 0 Å². The first-order valence-corrected chi connectivity index (χ1v) is 7.90. The molecule has 1 aliphatic carbocycles. The molecule has 2 aliphatic rings. The van der Waals surface area contributed by atoms with E-state index in [4.69, 9.17) is 5.73 Å². The largest absolute Gasteiger partial charge is 0.330 e. The highest BCUT2D eigenvalue weighted by Gasteiger charge is 2.30. The highest BCUT2D eigenvalue weighted by Crippen LogP contribution is 2.33. The average molecular weight is 283 g/mol. The zero-order chi connectivity index (χ0) is 11.6. The van der Waals surface area contributed by atoms with Gasteiger partial charge in [-0.05, 0) is 37.6 Å². The van der Waals surface area contributed by atoms with Crippen molar-refractivity contribution < 1.29 is 8.42 Å². The van der Waals surface area contributed by atoms with E-state index in [0.29, 0.717) is 37.2 Å². The van der Waals surface area contributed by atoms with E-state index in [0.717, 1.165) is 19.3 Å². The smallest absolute Gasteiger partial charge is 0.214 e. The van der Waals surface area contributed by atoms with E-state index in [2.05, 4.69) is 0 Å². The van der Waals surface area contributed by atoms with Gasteiger partial charge in [0, 0.05) is 13.1 Å². The molecule has 1 heterocycles. The minimum atomic E-state index is -3.00. The molecule has 1 saturated carbocycles. The molecular weight excluding hydrogens is 260 g/mol. The number of halogens is 1. The summed E-state index contributed by atoms with van der Waals surface area (Å²) in [5, 5.41) is 0. The van der Waals surface area contributed by atoms with E-state index in [-0.39, 0.29) is 12.4 Å². The van der Waals surface area contributed by atoms with Gasteiger partial charge in [0.1, 0.15) is 0 Å². The first-order valence-electron chi connectivity index (χ1n) is 6.29. The SMILES string of the molecule is Cl.NCC1CCCN(S(=O)(=O)CCC2CC2)C1. The van der Waals surface area contributed by atoms with Crippen molar-refractivity contribution in [3.05, 3.63) is 0 Å². The summed E-state index contributed by atoms with van der Waals surface area (Å²) < 4.78 is 25.8. The molecule has 2 rings (SSSR count). The maximum Gasteiger partial charge on any atom is 0.214 e. The van der Waals surface area contributed by atoms with Gasteiger partial charge in [-0.3, -0.25) is 0 Å². The van der Waals surface area contributed by atoms with Crippen LogP contribution in [0.2, 0.25) is 0 Å². The van der Waals surface area contributed by atoms with Crippen molar-refractivity contribution in [3.8, 4) is 0 Å². The van der Waals surface area contributed by atoms with E-state index in [1.54, 1.807) is 4.31 Å². The van der Waals surface area contributed by atoms with Gasteiger partial charge in [0.15, 0.2) is 0 Å². The van der Waals surface area contributed by atoms with Gasteiger partial charge >= 0.3 is 0 Å². The number of rotatable bonds is 5. The fourth-order valence-corrected chi connectivity index (χ4v) is 4.06. The molecule has 0 aromatic heterocycles. The van der Waals surface area contributed by atoms with Crippen LogP contribution in [0.1, 0.15) is 32.1 Å². The molecule has 17 heavy (non-hydrogen) atoms. The Bertz CT molecular complexity index is 330. The van der Waals surface area contributed by atoms with Crippen LogP contribution in [0, 0.1) is 11.8 Å². The Morgan fingerprint density at radius 3 is 2.47 bits per heavy atom. The molecule has 1 saturated heterocycles. The minimum absolute atomic E-state index is 0. The fraction of sp³-hybridized carbons (Fsp3) is 1.00. The molecule has 0 amide bonds. The van der Waals surface area contributed by atoms with Crippen molar-refractivity contribution in [3.63, 3.8) is 0 Å². The van der Waals surface area contributed by atoms with E-state index in [1.807, 2.05) is 0 Å². The standard InChI is InChI=1S/C11H22N2O2S.ClH/c12-8-11-2-1-6-13(9-11)16(14,15)7-5-10-3-4-10;/h10-11H,1-9,12H2;1H. The lowest BCUT2D eigenvalue weighted by Crippen LogP contribution is -2.43. The highest BCUT2D eigenvalue weighted by molar-refractivity contribution is 7.89. The van der Waals surface area contributed by atoms with Crippen molar-refractivity contribution in [2.45, 2.75) is 32.1 Å². The Balaban J connectivity index is 0.00000144. The summed E-state index contributed by atoms with van der Waals surface area (Å²) in [6, 6.07) is 0. The summed E-state index contributed by atoms with van der Waals surface area (Å²) in [4.78, 5) is 0. The Labute approximate surface area is 110 Å². The van der Waals surface area contributed by atoms with Gasteiger partial charge in [0.05, 0.1) is 5.75 Å². The molecule has 1 unspecified atom stereocenters. The zero-order valence-corrected chi connectivity index (χ0v) is 11.8. The third-order valence-corrected chi connectivity index (χ3v) is 5.56. The van der Waals surface area contributed by atoms with Crippen LogP contribution in [0.4, 0.5) is 0 Å². The van der Waals surface area contributed by atoms with E-state index < -0.39 is 10.0 Å². The molecule has 2 N–H and O–H groups in total. The molecular formula is C11H23ClN2O2S. The third-order valence-electron chi connectivity index (χ3n) is 3.69. The summed E-state index contributed by atoms with van der Waals surface area (Å²) in [5.74, 6) is 1.39. The predicted molar refractivity (Wildman–Crippen MR) is 71.7 cm³/mol. The van der Waals surface area contributed by atoms with Crippen LogP contribution in [0.25, 0.3) is 0 Å². The maximum atomic E-state index is 12.1. The van der Waals surface area contributed by atoms with Crippen LogP contribution in [-0.4, -0.2) is 38.1 Å². The Hall–Kier alpha value is 0.160. The van der Waals surface area contributed by atoms with Crippen LogP contribution < -0.4 is 5.73 Å². The Morgan fingerprint density at radius 1 is 1.18 bits per heavy atom. The Morgan fingerprint density at radius 2 is 1.88 bits per heavy atom. The fourth-order valence-electron chi connectivity index (χ4n) is 2.32. The molecule has 4 nitrogen and oxygen atoms in total. The van der Waals surface area contributed by atoms with Crippen molar-refractivity contribution in [2.75, 3.05) is 25.4 Å². The van der Waals surface area contributed by atoms with E-state index in [1.165, 1.54) is 12.8 Å². The minimum Gasteiger partial charge on any atom is -0.330 e. The second-order valence-electron chi connectivity index (χ2n) is 5.15. The highest BCUT2D eigenvalue weighted by atomic mass is 35.5. The van der Waals surface area contributed by atoms with Gasteiger partial charge in [-0.1, -0.05) is 12.8 Å². The van der Waals surface area contributed by atoms with Crippen molar-refractivity contribution in [1.82, 2.24) is 4.31 Å². The number of sulfonamides is 1. The average Bonchev–Trinajstić information content (AvgIpc) is 3.10. The maximum absolute atomic E-state index is 12.1. The lowest BCUT2D eigenvalue weighted by atomic mass is 10.0. The van der Waals surface area contributed by atoms with Crippen LogP contribution >= 0.6 is 12.4 Å². The molecule has 0 aromatic rings. The number of nitrogens with zero attached hydrogens (tertiary/aromatic N) is 1. The summed E-state index contributed by atoms with van der Waals surface area (Å²) >= 11 is 0. The molecule has 1 aliphatic heterocycles. The third kappa shape index (κ3) is 4.39. The lowest BCUT2D eigenvalue weighted by Gasteiger charge is -2.31. The monoisotopic (exact) mass is 282 g/mol. The normalized spacial score (nSPS) is 26.5. The zero-order valence-electron chi connectivity index (χ0n) is 10.2. The van der Waals surface area contributed by atoms with Gasteiger partial charge in [0.25, 0.3) is 0 Å². The molecule has 102 valence electrons. The molecule has 6 heteroatoms. The van der Waals surface area contributed by atoms with Gasteiger partial charge in [-0.25, -0.2) is 12.7 Å². The topological polar surface area (TPSA) is 63.4 Å². The second-order valence-corrected chi connectivity index (χ2v) is 7.24. The molecule has 0 radical (unpaired) electrons. The summed E-state index contributed by atoms with van der Waals surface area (Å²) in [7, 11) is -3.00. The molecule has 1 atom stereocenters.